The van der Waals surface area contributed by atoms with Crippen molar-refractivity contribution in [3.8, 4) is 0 Å². The first kappa shape index (κ1) is 19.8. The number of carboxylic acids is 1. The molecule has 3 aliphatic heterocycles. The van der Waals surface area contributed by atoms with Gasteiger partial charge >= 0.3 is 5.97 Å². The van der Waals surface area contributed by atoms with Crippen molar-refractivity contribution in [1.82, 2.24) is 9.80 Å². The Balaban J connectivity index is 2.06. The zero-order valence-electron chi connectivity index (χ0n) is 16.1. The molecule has 3 aliphatic rings. The highest BCUT2D eigenvalue weighted by atomic mass is 16.5. The third kappa shape index (κ3) is 2.77. The number of rotatable bonds is 6. The highest BCUT2D eigenvalue weighted by Gasteiger charge is 2.74. The molecule has 27 heavy (non-hydrogen) atoms. The molecule has 0 saturated carbocycles. The molecule has 0 aromatic rings. The van der Waals surface area contributed by atoms with Crippen molar-refractivity contribution in [2.24, 2.45) is 11.8 Å². The van der Waals surface area contributed by atoms with Gasteiger partial charge < -0.3 is 24.7 Å². The highest BCUT2D eigenvalue weighted by Crippen LogP contribution is 2.58. The van der Waals surface area contributed by atoms with Crippen LogP contribution in [0.15, 0.2) is 12.7 Å². The van der Waals surface area contributed by atoms with Crippen LogP contribution in [0.5, 0.6) is 0 Å². The number of ether oxygens (including phenoxy) is 1. The molecule has 2 N–H and O–H groups in total. The first-order chi connectivity index (χ1) is 12.6. The highest BCUT2D eigenvalue weighted by molar-refractivity contribution is 5.98. The Kier molecular flexibility index (Phi) is 4.84. The third-order valence-electron chi connectivity index (χ3n) is 6.05. The van der Waals surface area contributed by atoms with Crippen LogP contribution in [-0.2, 0) is 19.1 Å². The van der Waals surface area contributed by atoms with Crippen LogP contribution in [0.2, 0.25) is 0 Å². The maximum absolute atomic E-state index is 13.6. The lowest BCUT2D eigenvalue weighted by atomic mass is 9.70. The van der Waals surface area contributed by atoms with Gasteiger partial charge in [-0.2, -0.15) is 0 Å². The largest absolute Gasteiger partial charge is 0.481 e. The van der Waals surface area contributed by atoms with Gasteiger partial charge in [0.05, 0.1) is 24.5 Å². The normalized spacial score (nSPS) is 34.7. The summed E-state index contributed by atoms with van der Waals surface area (Å²) >= 11 is 0. The van der Waals surface area contributed by atoms with Gasteiger partial charge in [-0.15, -0.1) is 6.58 Å². The minimum Gasteiger partial charge on any atom is -0.481 e. The molecule has 0 aliphatic carbocycles. The summed E-state index contributed by atoms with van der Waals surface area (Å²) in [6.45, 7) is 9.36. The Hall–Kier alpha value is -1.93. The van der Waals surface area contributed by atoms with Gasteiger partial charge in [0.15, 0.2) is 0 Å². The molecule has 3 saturated heterocycles. The maximum atomic E-state index is 13.6. The second-order valence-electron chi connectivity index (χ2n) is 8.56. The Morgan fingerprint density at radius 2 is 2.11 bits per heavy atom. The second-order valence-corrected chi connectivity index (χ2v) is 8.56. The number of amides is 2. The number of carbonyl (C=O) groups is 3. The van der Waals surface area contributed by atoms with Gasteiger partial charge in [-0.25, -0.2) is 0 Å². The number of fused-ring (bicyclic) bond motifs is 1. The molecule has 8 heteroatoms. The van der Waals surface area contributed by atoms with E-state index in [1.54, 1.807) is 11.0 Å². The monoisotopic (exact) mass is 380 g/mol. The minimum atomic E-state index is -1.14. The molecule has 5 atom stereocenters. The summed E-state index contributed by atoms with van der Waals surface area (Å²) in [5.41, 5.74) is -1.65. The van der Waals surface area contributed by atoms with Crippen LogP contribution < -0.4 is 0 Å². The molecule has 2 amide bonds. The number of aliphatic hydroxyl groups is 1. The number of hydrogen-bond donors (Lipinski definition) is 2. The summed E-state index contributed by atoms with van der Waals surface area (Å²) in [6, 6.07) is -0.935. The van der Waals surface area contributed by atoms with E-state index in [1.807, 2.05) is 20.8 Å². The van der Waals surface area contributed by atoms with E-state index in [-0.39, 0.29) is 19.1 Å². The molecule has 3 rings (SSSR count). The molecular formula is C19H28N2O6. The maximum Gasteiger partial charge on any atom is 0.310 e. The van der Waals surface area contributed by atoms with Crippen LogP contribution in [0, 0.1) is 11.8 Å². The zero-order valence-corrected chi connectivity index (χ0v) is 16.1. The Labute approximate surface area is 158 Å². The van der Waals surface area contributed by atoms with Gasteiger partial charge in [0.25, 0.3) is 0 Å². The van der Waals surface area contributed by atoms with Crippen LogP contribution in [0.1, 0.15) is 33.6 Å². The Bertz CT molecular complexity index is 672. The number of likely N-dealkylation sites (tertiary alicyclic amines) is 1. The van der Waals surface area contributed by atoms with Crippen molar-refractivity contribution in [3.63, 3.8) is 0 Å². The Morgan fingerprint density at radius 1 is 1.44 bits per heavy atom. The summed E-state index contributed by atoms with van der Waals surface area (Å²) in [5, 5.41) is 19.1. The fraction of sp³-hybridized carbons (Fsp3) is 0.737. The molecule has 0 aromatic carbocycles. The van der Waals surface area contributed by atoms with Crippen molar-refractivity contribution < 1.29 is 29.3 Å². The van der Waals surface area contributed by atoms with E-state index in [1.165, 1.54) is 4.90 Å². The van der Waals surface area contributed by atoms with Gasteiger partial charge in [0.2, 0.25) is 11.8 Å². The van der Waals surface area contributed by atoms with E-state index in [0.717, 1.165) is 0 Å². The van der Waals surface area contributed by atoms with Crippen LogP contribution >= 0.6 is 0 Å². The summed E-state index contributed by atoms with van der Waals surface area (Å²) in [4.78, 5) is 41.5. The zero-order chi connectivity index (χ0) is 20.1. The molecule has 3 heterocycles. The van der Waals surface area contributed by atoms with Crippen LogP contribution in [0.3, 0.4) is 0 Å². The van der Waals surface area contributed by atoms with Gasteiger partial charge in [-0.05, 0) is 33.6 Å². The van der Waals surface area contributed by atoms with E-state index in [9.17, 15) is 24.6 Å². The molecular weight excluding hydrogens is 352 g/mol. The van der Waals surface area contributed by atoms with E-state index in [0.29, 0.717) is 19.4 Å². The standard InChI is InChI=1S/C19H28N2O6/c1-5-8-21(18(2,3)4)16(24)14-19-7-6-11(27-19)12(17(25)26)13(19)15(23)20(14)9-10-22/h5,11-14,22H,1,6-10H2,2-4H3,(H,25,26)/t11-,12+,13+,14-,19+/m0/s1. The lowest BCUT2D eigenvalue weighted by Gasteiger charge is -2.41. The van der Waals surface area contributed by atoms with E-state index in [4.69, 9.17) is 4.74 Å². The minimum absolute atomic E-state index is 0.0278. The van der Waals surface area contributed by atoms with Gasteiger partial charge in [0.1, 0.15) is 11.6 Å². The SMILES string of the molecule is C=CCN(C(=O)[C@@H]1N(CCO)C(=O)[C@H]2[C@H](C(=O)O)[C@@H]3CC[C@]12O3)C(C)(C)C. The van der Waals surface area contributed by atoms with Crippen molar-refractivity contribution >= 4 is 17.8 Å². The van der Waals surface area contributed by atoms with E-state index >= 15 is 0 Å². The molecule has 0 radical (unpaired) electrons. The van der Waals surface area contributed by atoms with Crippen molar-refractivity contribution in [1.29, 1.82) is 0 Å². The summed E-state index contributed by atoms with van der Waals surface area (Å²) < 4.78 is 6.08. The number of nitrogens with zero attached hydrogens (tertiary/aromatic N) is 2. The van der Waals surface area contributed by atoms with Crippen LogP contribution in [0.4, 0.5) is 0 Å². The quantitative estimate of drug-likeness (QED) is 0.640. The predicted octanol–water partition coefficient (Wildman–Crippen LogP) is 0.251. The molecule has 8 nitrogen and oxygen atoms in total. The number of carbonyl (C=O) groups excluding carboxylic acids is 2. The summed E-state index contributed by atoms with van der Waals surface area (Å²) in [5.74, 6) is -3.62. The fourth-order valence-electron chi connectivity index (χ4n) is 5.03. The lowest BCUT2D eigenvalue weighted by Crippen LogP contribution is -2.60. The van der Waals surface area contributed by atoms with E-state index in [2.05, 4.69) is 6.58 Å². The number of aliphatic hydroxyl groups excluding tert-OH is 1. The van der Waals surface area contributed by atoms with Gasteiger partial charge in [0, 0.05) is 18.6 Å². The summed E-state index contributed by atoms with van der Waals surface area (Å²) in [6.07, 6.45) is 2.04. The number of carboxylic acid groups (broad SMARTS) is 1. The average Bonchev–Trinajstić information content (AvgIpc) is 3.19. The topological polar surface area (TPSA) is 107 Å². The molecule has 150 valence electrons. The average molecular weight is 380 g/mol. The summed E-state index contributed by atoms with van der Waals surface area (Å²) in [7, 11) is 0. The van der Waals surface area contributed by atoms with E-state index < -0.39 is 47.0 Å². The van der Waals surface area contributed by atoms with Gasteiger partial charge in [-0.1, -0.05) is 6.08 Å². The fourth-order valence-corrected chi connectivity index (χ4v) is 5.03. The van der Waals surface area contributed by atoms with Crippen molar-refractivity contribution in [2.75, 3.05) is 19.7 Å². The number of β-amino-alcohol motifs (C(OH)–C–C–N with tert-alkyl or cyclic N) is 1. The number of aliphatic carboxylic acids is 1. The number of hydrogen-bond acceptors (Lipinski definition) is 5. The van der Waals surface area contributed by atoms with Crippen LogP contribution in [0.25, 0.3) is 0 Å². The lowest BCUT2D eigenvalue weighted by molar-refractivity contribution is -0.153. The molecule has 3 fully saturated rings. The molecule has 0 aromatic heterocycles. The van der Waals surface area contributed by atoms with Gasteiger partial charge in [-0.3, -0.25) is 14.4 Å². The Morgan fingerprint density at radius 3 is 2.63 bits per heavy atom. The van der Waals surface area contributed by atoms with Crippen LogP contribution in [-0.4, -0.2) is 80.8 Å². The first-order valence-corrected chi connectivity index (χ1v) is 9.34. The third-order valence-corrected chi connectivity index (χ3v) is 6.05. The van der Waals surface area contributed by atoms with Crippen molar-refractivity contribution in [2.45, 2.75) is 56.9 Å². The second kappa shape index (κ2) is 6.60. The molecule has 2 bridgehead atoms. The van der Waals surface area contributed by atoms with Crippen molar-refractivity contribution in [3.05, 3.63) is 12.7 Å². The predicted molar refractivity (Wildman–Crippen MR) is 95.7 cm³/mol. The first-order valence-electron chi connectivity index (χ1n) is 9.34. The molecule has 1 spiro atoms. The smallest absolute Gasteiger partial charge is 0.310 e. The molecule has 0 unspecified atom stereocenters.